The van der Waals surface area contributed by atoms with E-state index in [-0.39, 0.29) is 19.1 Å². The maximum atomic E-state index is 12.0. The Labute approximate surface area is 131 Å². The zero-order valence-electron chi connectivity index (χ0n) is 11.5. The average molecular weight is 357 g/mol. The Morgan fingerprint density at radius 1 is 1.14 bits per heavy atom. The van der Waals surface area contributed by atoms with Gasteiger partial charge in [0.05, 0.1) is 6.54 Å². The van der Waals surface area contributed by atoms with Gasteiger partial charge in [-0.25, -0.2) is 0 Å². The molecular formula is C14H17BrN2O4. The standard InChI is InChI=1S/C14H17BrN2O4/c15-11-1-3-12(4-2-11)21-10-13(18)17-7-5-16(6-8-17)9-14(19)20/h1-4H,5-10H2,(H,19,20). The Morgan fingerprint density at radius 3 is 2.33 bits per heavy atom. The third kappa shape index (κ3) is 5.02. The summed E-state index contributed by atoms with van der Waals surface area (Å²) < 4.78 is 6.40. The summed E-state index contributed by atoms with van der Waals surface area (Å²) in [6, 6.07) is 7.29. The molecule has 0 atom stereocenters. The van der Waals surface area contributed by atoms with Crippen molar-refractivity contribution < 1.29 is 19.4 Å². The van der Waals surface area contributed by atoms with E-state index in [0.29, 0.717) is 31.9 Å². The topological polar surface area (TPSA) is 70.1 Å². The lowest BCUT2D eigenvalue weighted by Crippen LogP contribution is -2.51. The van der Waals surface area contributed by atoms with Crippen LogP contribution in [-0.2, 0) is 9.59 Å². The van der Waals surface area contributed by atoms with Gasteiger partial charge >= 0.3 is 5.97 Å². The van der Waals surface area contributed by atoms with Gasteiger partial charge in [-0.05, 0) is 24.3 Å². The molecule has 0 saturated carbocycles. The van der Waals surface area contributed by atoms with Crippen LogP contribution in [0.1, 0.15) is 0 Å². The second-order valence-electron chi connectivity index (χ2n) is 4.79. The van der Waals surface area contributed by atoms with Crippen LogP contribution >= 0.6 is 15.9 Å². The molecule has 2 rings (SSSR count). The highest BCUT2D eigenvalue weighted by Gasteiger charge is 2.22. The number of ether oxygens (including phenoxy) is 1. The van der Waals surface area contributed by atoms with E-state index in [1.54, 1.807) is 17.0 Å². The number of nitrogens with zero attached hydrogens (tertiary/aromatic N) is 2. The van der Waals surface area contributed by atoms with Crippen LogP contribution in [0.15, 0.2) is 28.7 Å². The lowest BCUT2D eigenvalue weighted by atomic mass is 10.3. The van der Waals surface area contributed by atoms with E-state index in [1.165, 1.54) is 0 Å². The molecule has 6 nitrogen and oxygen atoms in total. The number of piperazine rings is 1. The number of carbonyl (C=O) groups excluding carboxylic acids is 1. The first-order valence-electron chi connectivity index (χ1n) is 6.65. The fourth-order valence-electron chi connectivity index (χ4n) is 2.11. The molecule has 0 bridgehead atoms. The maximum absolute atomic E-state index is 12.0. The highest BCUT2D eigenvalue weighted by Crippen LogP contribution is 2.16. The molecule has 1 aliphatic heterocycles. The van der Waals surface area contributed by atoms with E-state index >= 15 is 0 Å². The van der Waals surface area contributed by atoms with Crippen LogP contribution in [0, 0.1) is 0 Å². The van der Waals surface area contributed by atoms with Crippen LogP contribution in [0.5, 0.6) is 5.75 Å². The molecule has 0 aromatic heterocycles. The van der Waals surface area contributed by atoms with E-state index in [4.69, 9.17) is 9.84 Å². The number of aliphatic carboxylic acids is 1. The minimum absolute atomic E-state index is 0.000558. The summed E-state index contributed by atoms with van der Waals surface area (Å²) in [5.41, 5.74) is 0. The summed E-state index contributed by atoms with van der Waals surface area (Å²) in [6.45, 7) is 2.26. The van der Waals surface area contributed by atoms with E-state index in [9.17, 15) is 9.59 Å². The molecule has 0 radical (unpaired) electrons. The van der Waals surface area contributed by atoms with Crippen molar-refractivity contribution in [2.24, 2.45) is 0 Å². The van der Waals surface area contributed by atoms with E-state index in [0.717, 1.165) is 4.47 Å². The van der Waals surface area contributed by atoms with Crippen molar-refractivity contribution in [3.8, 4) is 5.75 Å². The summed E-state index contributed by atoms with van der Waals surface area (Å²) in [5, 5.41) is 8.73. The number of benzene rings is 1. The van der Waals surface area contributed by atoms with Crippen molar-refractivity contribution in [1.82, 2.24) is 9.80 Å². The van der Waals surface area contributed by atoms with Gasteiger partial charge in [-0.15, -0.1) is 0 Å². The summed E-state index contributed by atoms with van der Waals surface area (Å²) in [5.74, 6) is -0.266. The minimum Gasteiger partial charge on any atom is -0.484 e. The van der Waals surface area contributed by atoms with Crippen molar-refractivity contribution in [3.05, 3.63) is 28.7 Å². The van der Waals surface area contributed by atoms with Gasteiger partial charge in [0.25, 0.3) is 5.91 Å². The number of carboxylic acids is 1. The Balaban J connectivity index is 1.74. The Bertz CT molecular complexity index is 498. The van der Waals surface area contributed by atoms with Gasteiger partial charge in [0.2, 0.25) is 0 Å². The summed E-state index contributed by atoms with van der Waals surface area (Å²) in [7, 11) is 0. The van der Waals surface area contributed by atoms with Crippen molar-refractivity contribution in [2.75, 3.05) is 39.3 Å². The first-order valence-corrected chi connectivity index (χ1v) is 7.44. The normalized spacial score (nSPS) is 15.8. The first kappa shape index (κ1) is 15.8. The molecule has 1 aromatic rings. The fourth-order valence-corrected chi connectivity index (χ4v) is 2.38. The highest BCUT2D eigenvalue weighted by molar-refractivity contribution is 9.10. The van der Waals surface area contributed by atoms with Crippen LogP contribution in [0.2, 0.25) is 0 Å². The molecule has 7 heteroatoms. The second kappa shape index (κ2) is 7.42. The number of rotatable bonds is 5. The number of halogens is 1. The van der Waals surface area contributed by atoms with Crippen LogP contribution in [-0.4, -0.2) is 66.1 Å². The smallest absolute Gasteiger partial charge is 0.317 e. The molecular weight excluding hydrogens is 340 g/mol. The molecule has 0 spiro atoms. The molecule has 21 heavy (non-hydrogen) atoms. The van der Waals surface area contributed by atoms with Gasteiger partial charge in [0.15, 0.2) is 6.61 Å². The lowest BCUT2D eigenvalue weighted by molar-refractivity contribution is -0.139. The Kier molecular flexibility index (Phi) is 5.58. The van der Waals surface area contributed by atoms with Crippen molar-refractivity contribution in [2.45, 2.75) is 0 Å². The third-order valence-corrected chi connectivity index (χ3v) is 3.79. The van der Waals surface area contributed by atoms with Gasteiger partial charge < -0.3 is 14.7 Å². The zero-order chi connectivity index (χ0) is 15.2. The van der Waals surface area contributed by atoms with E-state index in [1.807, 2.05) is 17.0 Å². The number of hydrogen-bond donors (Lipinski definition) is 1. The van der Waals surface area contributed by atoms with Crippen molar-refractivity contribution in [1.29, 1.82) is 0 Å². The minimum atomic E-state index is -0.839. The zero-order valence-corrected chi connectivity index (χ0v) is 13.1. The molecule has 114 valence electrons. The molecule has 0 unspecified atom stereocenters. The van der Waals surface area contributed by atoms with Crippen LogP contribution < -0.4 is 4.74 Å². The van der Waals surface area contributed by atoms with Crippen molar-refractivity contribution in [3.63, 3.8) is 0 Å². The molecule has 1 amide bonds. The van der Waals surface area contributed by atoms with E-state index < -0.39 is 5.97 Å². The Hall–Kier alpha value is -1.60. The quantitative estimate of drug-likeness (QED) is 0.853. The van der Waals surface area contributed by atoms with Gasteiger partial charge in [-0.2, -0.15) is 0 Å². The predicted octanol–water partition coefficient (Wildman–Crippen LogP) is 1.06. The van der Waals surface area contributed by atoms with Gasteiger partial charge in [0.1, 0.15) is 5.75 Å². The van der Waals surface area contributed by atoms with Gasteiger partial charge in [-0.1, -0.05) is 15.9 Å². The van der Waals surface area contributed by atoms with Gasteiger partial charge in [0, 0.05) is 30.7 Å². The number of hydrogen-bond acceptors (Lipinski definition) is 4. The summed E-state index contributed by atoms with van der Waals surface area (Å²) in [6.07, 6.45) is 0. The number of amides is 1. The third-order valence-electron chi connectivity index (χ3n) is 3.26. The molecule has 1 fully saturated rings. The van der Waals surface area contributed by atoms with Crippen LogP contribution in [0.4, 0.5) is 0 Å². The number of carboxylic acid groups (broad SMARTS) is 1. The maximum Gasteiger partial charge on any atom is 0.317 e. The largest absolute Gasteiger partial charge is 0.484 e. The van der Waals surface area contributed by atoms with Crippen molar-refractivity contribution >= 4 is 27.8 Å². The molecule has 1 N–H and O–H groups in total. The van der Waals surface area contributed by atoms with Crippen LogP contribution in [0.25, 0.3) is 0 Å². The molecule has 0 aliphatic carbocycles. The fraction of sp³-hybridized carbons (Fsp3) is 0.429. The highest BCUT2D eigenvalue weighted by atomic mass is 79.9. The SMILES string of the molecule is O=C(O)CN1CCN(C(=O)COc2ccc(Br)cc2)CC1. The first-order chi connectivity index (χ1) is 10.0. The average Bonchev–Trinajstić information content (AvgIpc) is 2.46. The predicted molar refractivity (Wildman–Crippen MR) is 80.3 cm³/mol. The van der Waals surface area contributed by atoms with Crippen LogP contribution in [0.3, 0.4) is 0 Å². The lowest BCUT2D eigenvalue weighted by Gasteiger charge is -2.33. The second-order valence-corrected chi connectivity index (χ2v) is 5.71. The molecule has 1 saturated heterocycles. The molecule has 1 heterocycles. The van der Waals surface area contributed by atoms with E-state index in [2.05, 4.69) is 15.9 Å². The monoisotopic (exact) mass is 356 g/mol. The molecule has 1 aliphatic rings. The molecule has 1 aromatic carbocycles. The Morgan fingerprint density at radius 2 is 1.76 bits per heavy atom. The summed E-state index contributed by atoms with van der Waals surface area (Å²) in [4.78, 5) is 26.2. The van der Waals surface area contributed by atoms with Gasteiger partial charge in [-0.3, -0.25) is 14.5 Å². The summed E-state index contributed by atoms with van der Waals surface area (Å²) >= 11 is 3.33. The number of carbonyl (C=O) groups is 2.